The van der Waals surface area contributed by atoms with E-state index in [9.17, 15) is 18.0 Å². The average Bonchev–Trinajstić information content (AvgIpc) is 3.57. The number of H-pyrrole nitrogens is 1. The summed E-state index contributed by atoms with van der Waals surface area (Å²) >= 11 is 0. The number of aromatic amines is 1. The van der Waals surface area contributed by atoms with Crippen molar-refractivity contribution in [2.24, 2.45) is 0 Å². The summed E-state index contributed by atoms with van der Waals surface area (Å²) in [6, 6.07) is 20.0. The lowest BCUT2D eigenvalue weighted by Crippen LogP contribution is -2.15. The van der Waals surface area contributed by atoms with Gasteiger partial charge in [0.15, 0.2) is 5.76 Å². The number of fused-ring (bicyclic) bond motifs is 2. The van der Waals surface area contributed by atoms with Gasteiger partial charge in [0, 0.05) is 29.3 Å². The Labute approximate surface area is 226 Å². The summed E-state index contributed by atoms with van der Waals surface area (Å²) in [5.41, 5.74) is 4.74. The van der Waals surface area contributed by atoms with Gasteiger partial charge in [-0.25, -0.2) is 9.97 Å². The van der Waals surface area contributed by atoms with Gasteiger partial charge in [-0.2, -0.15) is 13.2 Å². The SMILES string of the molecule is Cc1ccc(C(=O)Nc2cc(C(F)(F)F)ccc2C)cc1Cc1nc(-c2cc3ccccc3o2)c2[nH]ccc2n1. The number of anilines is 1. The van der Waals surface area contributed by atoms with Crippen LogP contribution in [0.3, 0.4) is 0 Å². The van der Waals surface area contributed by atoms with Gasteiger partial charge in [-0.15, -0.1) is 0 Å². The third kappa shape index (κ3) is 4.82. The standard InChI is InChI=1S/C31H23F3N4O2/c1-17-7-9-20(30(39)37-24-16-22(31(32,33)34)10-8-18(24)2)13-21(17)15-27-36-23-11-12-35-28(23)29(38-27)26-14-19-5-3-4-6-25(19)40-26/h3-14,16,35H,15H2,1-2H3,(H,37,39). The number of alkyl halides is 3. The zero-order valence-electron chi connectivity index (χ0n) is 21.6. The molecule has 3 aromatic heterocycles. The van der Waals surface area contributed by atoms with E-state index < -0.39 is 17.6 Å². The fraction of sp³-hybridized carbons (Fsp3) is 0.129. The molecular formula is C31H23F3N4O2. The molecule has 6 nitrogen and oxygen atoms in total. The number of aryl methyl sites for hydroxylation is 2. The Balaban J connectivity index is 1.32. The molecule has 200 valence electrons. The van der Waals surface area contributed by atoms with Crippen molar-refractivity contribution in [2.45, 2.75) is 26.4 Å². The number of para-hydroxylation sites is 1. The number of hydrogen-bond acceptors (Lipinski definition) is 4. The average molecular weight is 541 g/mol. The largest absolute Gasteiger partial charge is 0.454 e. The van der Waals surface area contributed by atoms with Gasteiger partial charge in [0.25, 0.3) is 5.91 Å². The molecular weight excluding hydrogens is 517 g/mol. The van der Waals surface area contributed by atoms with Crippen LogP contribution in [0.5, 0.6) is 0 Å². The highest BCUT2D eigenvalue weighted by atomic mass is 19.4. The van der Waals surface area contributed by atoms with Crippen molar-refractivity contribution in [1.29, 1.82) is 0 Å². The number of rotatable bonds is 5. The molecule has 0 saturated carbocycles. The van der Waals surface area contributed by atoms with Crippen molar-refractivity contribution in [3.05, 3.63) is 113 Å². The number of carbonyl (C=O) groups is 1. The predicted octanol–water partition coefficient (Wildman–Crippen LogP) is 7.85. The summed E-state index contributed by atoms with van der Waals surface area (Å²) in [6.07, 6.45) is -2.38. The van der Waals surface area contributed by atoms with Crippen LogP contribution in [-0.2, 0) is 12.6 Å². The fourth-order valence-electron chi connectivity index (χ4n) is 4.65. The molecule has 0 saturated heterocycles. The lowest BCUT2D eigenvalue weighted by atomic mass is 10.0. The number of amides is 1. The van der Waals surface area contributed by atoms with E-state index in [1.54, 1.807) is 31.3 Å². The van der Waals surface area contributed by atoms with E-state index in [1.165, 1.54) is 6.07 Å². The Morgan fingerprint density at radius 3 is 2.55 bits per heavy atom. The number of nitrogens with one attached hydrogen (secondary N) is 2. The van der Waals surface area contributed by atoms with Gasteiger partial charge in [-0.05, 0) is 73.0 Å². The van der Waals surface area contributed by atoms with Crippen LogP contribution >= 0.6 is 0 Å². The summed E-state index contributed by atoms with van der Waals surface area (Å²) < 4.78 is 45.7. The molecule has 0 aliphatic carbocycles. The molecule has 0 aliphatic heterocycles. The second-order valence-electron chi connectivity index (χ2n) is 9.67. The zero-order chi connectivity index (χ0) is 28.0. The van der Waals surface area contributed by atoms with Crippen molar-refractivity contribution in [1.82, 2.24) is 15.0 Å². The van der Waals surface area contributed by atoms with E-state index in [0.29, 0.717) is 34.8 Å². The molecule has 6 rings (SSSR count). The summed E-state index contributed by atoms with van der Waals surface area (Å²) in [6.45, 7) is 3.56. The molecule has 0 aliphatic rings. The number of hydrogen-bond donors (Lipinski definition) is 2. The summed E-state index contributed by atoms with van der Waals surface area (Å²) in [4.78, 5) is 25.8. The minimum absolute atomic E-state index is 0.110. The van der Waals surface area contributed by atoms with Crippen molar-refractivity contribution in [3.63, 3.8) is 0 Å². The molecule has 0 spiro atoms. The zero-order valence-corrected chi connectivity index (χ0v) is 21.6. The third-order valence-electron chi connectivity index (χ3n) is 6.88. The molecule has 0 bridgehead atoms. The highest BCUT2D eigenvalue weighted by Crippen LogP contribution is 2.33. The maximum atomic E-state index is 13.2. The Morgan fingerprint density at radius 2 is 1.75 bits per heavy atom. The number of carbonyl (C=O) groups excluding carboxylic acids is 1. The summed E-state index contributed by atoms with van der Waals surface area (Å²) in [5.74, 6) is 0.643. The third-order valence-corrected chi connectivity index (χ3v) is 6.88. The molecule has 1 amide bonds. The second-order valence-corrected chi connectivity index (χ2v) is 9.67. The van der Waals surface area contributed by atoms with E-state index in [1.807, 2.05) is 43.3 Å². The van der Waals surface area contributed by atoms with Crippen molar-refractivity contribution in [3.8, 4) is 11.5 Å². The highest BCUT2D eigenvalue weighted by Gasteiger charge is 2.31. The van der Waals surface area contributed by atoms with Gasteiger partial charge in [-0.1, -0.05) is 30.3 Å². The van der Waals surface area contributed by atoms with Gasteiger partial charge >= 0.3 is 6.18 Å². The van der Waals surface area contributed by atoms with Crippen LogP contribution in [0, 0.1) is 13.8 Å². The first-order valence-electron chi connectivity index (χ1n) is 12.6. The molecule has 3 aromatic carbocycles. The fourth-order valence-corrected chi connectivity index (χ4v) is 4.65. The number of furan rings is 1. The van der Waals surface area contributed by atoms with Crippen LogP contribution in [0.25, 0.3) is 33.5 Å². The van der Waals surface area contributed by atoms with Gasteiger partial charge < -0.3 is 14.7 Å². The molecule has 2 N–H and O–H groups in total. The second kappa shape index (κ2) is 9.68. The molecule has 9 heteroatoms. The van der Waals surface area contributed by atoms with Crippen LogP contribution in [0.2, 0.25) is 0 Å². The lowest BCUT2D eigenvalue weighted by molar-refractivity contribution is -0.137. The monoisotopic (exact) mass is 540 g/mol. The number of halogens is 3. The Hall–Kier alpha value is -4.92. The van der Waals surface area contributed by atoms with Gasteiger partial charge in [0.1, 0.15) is 17.1 Å². The molecule has 0 unspecified atom stereocenters. The van der Waals surface area contributed by atoms with Gasteiger partial charge in [-0.3, -0.25) is 4.79 Å². The molecule has 6 aromatic rings. The Kier molecular flexibility index (Phi) is 6.14. The molecule has 40 heavy (non-hydrogen) atoms. The maximum absolute atomic E-state index is 13.2. The molecule has 0 atom stereocenters. The minimum Gasteiger partial charge on any atom is -0.454 e. The lowest BCUT2D eigenvalue weighted by Gasteiger charge is -2.14. The Morgan fingerprint density at radius 1 is 0.950 bits per heavy atom. The highest BCUT2D eigenvalue weighted by molar-refractivity contribution is 6.05. The summed E-state index contributed by atoms with van der Waals surface area (Å²) in [7, 11) is 0. The van der Waals surface area contributed by atoms with Gasteiger partial charge in [0.05, 0.1) is 16.6 Å². The normalized spacial score (nSPS) is 11.8. The van der Waals surface area contributed by atoms with Crippen molar-refractivity contribution in [2.75, 3.05) is 5.32 Å². The van der Waals surface area contributed by atoms with Crippen LogP contribution in [-0.4, -0.2) is 20.9 Å². The van der Waals surface area contributed by atoms with E-state index in [2.05, 4.69) is 10.3 Å². The Bertz CT molecular complexity index is 1870. The number of benzene rings is 3. The van der Waals surface area contributed by atoms with E-state index in [0.717, 1.165) is 45.3 Å². The van der Waals surface area contributed by atoms with Crippen LogP contribution in [0.15, 0.2) is 83.4 Å². The number of aromatic nitrogens is 3. The topological polar surface area (TPSA) is 83.8 Å². The quantitative estimate of drug-likeness (QED) is 0.233. The van der Waals surface area contributed by atoms with Crippen LogP contribution in [0.4, 0.5) is 18.9 Å². The maximum Gasteiger partial charge on any atom is 0.416 e. The first-order chi connectivity index (χ1) is 19.2. The van der Waals surface area contributed by atoms with E-state index in [-0.39, 0.29) is 5.69 Å². The van der Waals surface area contributed by atoms with E-state index >= 15 is 0 Å². The number of nitrogens with zero attached hydrogens (tertiary/aromatic N) is 2. The van der Waals surface area contributed by atoms with E-state index in [4.69, 9.17) is 14.4 Å². The predicted molar refractivity (Wildman–Crippen MR) is 147 cm³/mol. The molecule has 0 radical (unpaired) electrons. The molecule has 0 fully saturated rings. The first-order valence-corrected chi connectivity index (χ1v) is 12.6. The van der Waals surface area contributed by atoms with Gasteiger partial charge in [0.2, 0.25) is 0 Å². The van der Waals surface area contributed by atoms with Crippen LogP contribution < -0.4 is 5.32 Å². The van der Waals surface area contributed by atoms with Crippen molar-refractivity contribution >= 4 is 33.6 Å². The molecule has 3 heterocycles. The smallest absolute Gasteiger partial charge is 0.416 e. The minimum atomic E-state index is -4.51. The van der Waals surface area contributed by atoms with Crippen molar-refractivity contribution < 1.29 is 22.4 Å². The first kappa shape index (κ1) is 25.4. The summed E-state index contributed by atoms with van der Waals surface area (Å²) in [5, 5.41) is 3.59. The van der Waals surface area contributed by atoms with Crippen LogP contribution in [0.1, 0.15) is 38.4 Å².